The van der Waals surface area contributed by atoms with Gasteiger partial charge in [0.25, 0.3) is 5.92 Å². The fourth-order valence-corrected chi connectivity index (χ4v) is 2.73. The number of alkyl halides is 2. The van der Waals surface area contributed by atoms with Crippen LogP contribution >= 0.6 is 0 Å². The molecule has 0 N–H and O–H groups in total. The molecular formula is C18H16F3N3O. The van der Waals surface area contributed by atoms with Crippen LogP contribution in [0.3, 0.4) is 0 Å². The summed E-state index contributed by atoms with van der Waals surface area (Å²) in [6, 6.07) is 4.25. The average Bonchev–Trinajstić information content (AvgIpc) is 3.21. The summed E-state index contributed by atoms with van der Waals surface area (Å²) in [5, 5.41) is 7.32. The molecule has 0 aromatic heterocycles. The van der Waals surface area contributed by atoms with E-state index in [2.05, 4.69) is 16.9 Å². The van der Waals surface area contributed by atoms with Gasteiger partial charge in [0, 0.05) is 49.3 Å². The standard InChI is InChI=1S/C18H16F3N3O/c1-22-23-17(9-14-10-18(14,20)21)24-6-4-13(5-7-24)15-3-2-12(11-25)8-16(15)19/h2-6,8,11,14H,1,7,9-10H2/b23-17-. The van der Waals surface area contributed by atoms with E-state index in [1.807, 2.05) is 0 Å². The molecule has 1 atom stereocenters. The highest BCUT2D eigenvalue weighted by Gasteiger charge is 2.57. The molecule has 0 radical (unpaired) electrons. The fraction of sp³-hybridized carbons (Fsp3) is 0.278. The van der Waals surface area contributed by atoms with Crippen LogP contribution in [0.2, 0.25) is 0 Å². The lowest BCUT2D eigenvalue weighted by Gasteiger charge is -2.24. The van der Waals surface area contributed by atoms with Gasteiger partial charge in [0.2, 0.25) is 0 Å². The monoisotopic (exact) mass is 347 g/mol. The number of hydrogen-bond donors (Lipinski definition) is 0. The van der Waals surface area contributed by atoms with Gasteiger partial charge in [-0.3, -0.25) is 4.79 Å². The molecule has 1 heterocycles. The molecule has 25 heavy (non-hydrogen) atoms. The van der Waals surface area contributed by atoms with Crippen LogP contribution in [0.4, 0.5) is 13.2 Å². The van der Waals surface area contributed by atoms with Crippen LogP contribution in [0.1, 0.15) is 28.8 Å². The zero-order valence-corrected chi connectivity index (χ0v) is 13.3. The van der Waals surface area contributed by atoms with Crippen LogP contribution < -0.4 is 0 Å². The van der Waals surface area contributed by atoms with Crippen molar-refractivity contribution in [3.8, 4) is 0 Å². The first-order valence-corrected chi connectivity index (χ1v) is 7.75. The second-order valence-corrected chi connectivity index (χ2v) is 6.01. The molecule has 1 aliphatic heterocycles. The highest BCUT2D eigenvalue weighted by Crippen LogP contribution is 2.51. The molecule has 2 aliphatic rings. The molecule has 1 fully saturated rings. The summed E-state index contributed by atoms with van der Waals surface area (Å²) in [6.07, 6.45) is 5.65. The van der Waals surface area contributed by atoms with Crippen LogP contribution in [-0.2, 0) is 0 Å². The van der Waals surface area contributed by atoms with E-state index < -0.39 is 17.7 Å². The van der Waals surface area contributed by atoms with Crippen molar-refractivity contribution >= 4 is 24.4 Å². The Morgan fingerprint density at radius 2 is 2.20 bits per heavy atom. The Kier molecular flexibility index (Phi) is 4.57. The number of aldehydes is 1. The van der Waals surface area contributed by atoms with E-state index in [1.165, 1.54) is 18.2 Å². The largest absolute Gasteiger partial charge is 0.331 e. The van der Waals surface area contributed by atoms with Crippen LogP contribution in [-0.4, -0.2) is 36.2 Å². The van der Waals surface area contributed by atoms with Crippen molar-refractivity contribution in [2.45, 2.75) is 18.8 Å². The van der Waals surface area contributed by atoms with Crippen LogP contribution in [0, 0.1) is 11.7 Å². The van der Waals surface area contributed by atoms with Crippen molar-refractivity contribution in [3.63, 3.8) is 0 Å². The Morgan fingerprint density at radius 3 is 2.72 bits per heavy atom. The minimum Gasteiger partial charge on any atom is -0.331 e. The number of amidine groups is 1. The second kappa shape index (κ2) is 6.66. The van der Waals surface area contributed by atoms with Gasteiger partial charge in [-0.25, -0.2) is 13.2 Å². The Hall–Kier alpha value is -2.70. The van der Waals surface area contributed by atoms with Crippen LogP contribution in [0.25, 0.3) is 5.57 Å². The number of hydrogen-bond acceptors (Lipinski definition) is 3. The topological polar surface area (TPSA) is 45.0 Å². The quantitative estimate of drug-likeness (QED) is 0.351. The molecule has 1 unspecified atom stereocenters. The van der Waals surface area contributed by atoms with Gasteiger partial charge >= 0.3 is 0 Å². The van der Waals surface area contributed by atoms with Gasteiger partial charge in [-0.2, -0.15) is 5.10 Å². The van der Waals surface area contributed by atoms with Crippen molar-refractivity contribution < 1.29 is 18.0 Å². The van der Waals surface area contributed by atoms with Crippen LogP contribution in [0.5, 0.6) is 0 Å². The van der Waals surface area contributed by atoms with Gasteiger partial charge in [-0.1, -0.05) is 18.2 Å². The third-order valence-corrected chi connectivity index (χ3v) is 4.28. The number of carbonyl (C=O) groups is 1. The van der Waals surface area contributed by atoms with Gasteiger partial charge in [-0.05, 0) is 17.7 Å². The Balaban J connectivity index is 1.73. The Bertz CT molecular complexity index is 799. The maximum Gasteiger partial charge on any atom is 0.252 e. The highest BCUT2D eigenvalue weighted by atomic mass is 19.3. The molecule has 7 heteroatoms. The van der Waals surface area contributed by atoms with E-state index in [-0.39, 0.29) is 18.4 Å². The lowest BCUT2D eigenvalue weighted by molar-refractivity contribution is 0.0997. The van der Waals surface area contributed by atoms with E-state index >= 15 is 0 Å². The Labute approximate surface area is 143 Å². The van der Waals surface area contributed by atoms with E-state index in [1.54, 1.807) is 23.3 Å². The zero-order valence-electron chi connectivity index (χ0n) is 13.3. The predicted octanol–water partition coefficient (Wildman–Crippen LogP) is 3.91. The van der Waals surface area contributed by atoms with Crippen LogP contribution in [0.15, 0.2) is 46.8 Å². The second-order valence-electron chi connectivity index (χ2n) is 6.01. The summed E-state index contributed by atoms with van der Waals surface area (Å²) in [5.74, 6) is -3.44. The number of benzene rings is 1. The number of carbonyl (C=O) groups excluding carboxylic acids is 1. The molecule has 0 saturated heterocycles. The number of halogens is 3. The molecule has 1 aliphatic carbocycles. The van der Waals surface area contributed by atoms with Crippen molar-refractivity contribution in [2.24, 2.45) is 16.1 Å². The molecule has 3 rings (SSSR count). The van der Waals surface area contributed by atoms with Gasteiger partial charge in [0.1, 0.15) is 17.9 Å². The van der Waals surface area contributed by atoms with E-state index in [9.17, 15) is 18.0 Å². The lowest BCUT2D eigenvalue weighted by Crippen LogP contribution is -2.28. The minimum absolute atomic E-state index is 0.113. The number of allylic oxidation sites excluding steroid dienone is 2. The predicted molar refractivity (Wildman–Crippen MR) is 90.3 cm³/mol. The smallest absolute Gasteiger partial charge is 0.252 e. The van der Waals surface area contributed by atoms with Crippen molar-refractivity contribution in [1.29, 1.82) is 0 Å². The summed E-state index contributed by atoms with van der Waals surface area (Å²) in [7, 11) is 0. The van der Waals surface area contributed by atoms with Gasteiger partial charge in [0.15, 0.2) is 0 Å². The third-order valence-electron chi connectivity index (χ3n) is 4.28. The molecule has 0 bridgehead atoms. The molecular weight excluding hydrogens is 331 g/mol. The van der Waals surface area contributed by atoms with E-state index in [0.29, 0.717) is 29.8 Å². The molecule has 130 valence electrons. The van der Waals surface area contributed by atoms with Crippen molar-refractivity contribution in [2.75, 3.05) is 6.54 Å². The Morgan fingerprint density at radius 1 is 1.44 bits per heavy atom. The molecule has 0 spiro atoms. The minimum atomic E-state index is -2.63. The summed E-state index contributed by atoms with van der Waals surface area (Å²) < 4.78 is 40.4. The summed E-state index contributed by atoms with van der Waals surface area (Å²) in [6.45, 7) is 3.64. The third kappa shape index (κ3) is 3.70. The molecule has 1 saturated carbocycles. The maximum absolute atomic E-state index is 14.1. The first-order valence-electron chi connectivity index (χ1n) is 7.75. The fourth-order valence-electron chi connectivity index (χ4n) is 2.73. The van der Waals surface area contributed by atoms with Gasteiger partial charge in [-0.15, -0.1) is 5.10 Å². The normalized spacial score (nSPS) is 21.7. The average molecular weight is 347 g/mol. The molecule has 4 nitrogen and oxygen atoms in total. The van der Waals surface area contributed by atoms with Gasteiger partial charge in [0.05, 0.1) is 0 Å². The first kappa shape index (κ1) is 17.1. The van der Waals surface area contributed by atoms with Gasteiger partial charge < -0.3 is 4.90 Å². The number of rotatable bonds is 5. The summed E-state index contributed by atoms with van der Waals surface area (Å²) >= 11 is 0. The van der Waals surface area contributed by atoms with E-state index in [0.717, 1.165) is 0 Å². The lowest BCUT2D eigenvalue weighted by atomic mass is 10.0. The van der Waals surface area contributed by atoms with E-state index in [4.69, 9.17) is 0 Å². The first-order chi connectivity index (χ1) is 11.9. The molecule has 1 aromatic carbocycles. The molecule has 1 aromatic rings. The summed E-state index contributed by atoms with van der Waals surface area (Å²) in [4.78, 5) is 12.4. The SMILES string of the molecule is C=N/N=C(/CC1CC1(F)F)N1C=CC(c2ccc(C=O)cc2F)=CC1. The number of nitrogens with zero attached hydrogens (tertiary/aromatic N) is 3. The zero-order chi connectivity index (χ0) is 18.0. The maximum atomic E-state index is 14.1. The van der Waals surface area contributed by atoms with Crippen molar-refractivity contribution in [1.82, 2.24) is 4.90 Å². The van der Waals surface area contributed by atoms with Crippen molar-refractivity contribution in [3.05, 3.63) is 53.5 Å². The highest BCUT2D eigenvalue weighted by molar-refractivity contribution is 5.86. The molecule has 0 amide bonds. The summed E-state index contributed by atoms with van der Waals surface area (Å²) in [5.41, 5.74) is 1.28.